The van der Waals surface area contributed by atoms with Crippen molar-refractivity contribution < 1.29 is 24.1 Å². The van der Waals surface area contributed by atoms with Crippen molar-refractivity contribution in [1.82, 2.24) is 14.4 Å². The van der Waals surface area contributed by atoms with Gasteiger partial charge in [-0.3, -0.25) is 9.80 Å². The van der Waals surface area contributed by atoms with Gasteiger partial charge in [-0.05, 0) is 48.6 Å². The second kappa shape index (κ2) is 13.5. The van der Waals surface area contributed by atoms with E-state index in [0.29, 0.717) is 24.6 Å². The largest absolute Gasteiger partial charge is 0.489 e. The molecule has 3 aliphatic heterocycles. The zero-order chi connectivity index (χ0) is 29.9. The fourth-order valence-electron chi connectivity index (χ4n) is 7.71. The normalized spacial score (nSPS) is 20.1. The van der Waals surface area contributed by atoms with Crippen LogP contribution in [0.2, 0.25) is 0 Å². The number of carboxylic acid groups (broad SMARTS) is 1. The summed E-state index contributed by atoms with van der Waals surface area (Å²) in [5.74, 6) is 0.547. The summed E-state index contributed by atoms with van der Waals surface area (Å²) >= 11 is 0. The number of carboxylic acids is 1. The lowest BCUT2D eigenvalue weighted by Crippen LogP contribution is -2.45. The van der Waals surface area contributed by atoms with Gasteiger partial charge < -0.3 is 28.8 Å². The van der Waals surface area contributed by atoms with Crippen molar-refractivity contribution in [2.45, 2.75) is 44.6 Å². The first-order chi connectivity index (χ1) is 21.7. The van der Waals surface area contributed by atoms with Crippen LogP contribution in [0, 0.1) is 0 Å². The summed E-state index contributed by atoms with van der Waals surface area (Å²) in [5.41, 5.74) is 6.25. The van der Waals surface area contributed by atoms with Crippen LogP contribution < -0.4 is 9.64 Å². The fourth-order valence-corrected chi connectivity index (χ4v) is 7.71. The standard InChI is InChI=1S/C35H46N4O5/c40-35(41)27-9-10-28-31(25-27)39-19-24-44-34-29(33(39)32(28)26-5-2-1-3-6-26)7-4-8-30(34)38(13-11-36-15-20-42-21-16-36)14-12-37-17-22-43-23-18-37/h4,7-10,25-26H,1-3,5-6,11-24H2,(H,40,41). The summed E-state index contributed by atoms with van der Waals surface area (Å²) in [6.45, 7) is 12.2. The average Bonchev–Trinajstić information content (AvgIpc) is 3.26. The van der Waals surface area contributed by atoms with Crippen molar-refractivity contribution in [3.63, 3.8) is 0 Å². The van der Waals surface area contributed by atoms with Gasteiger partial charge in [0.1, 0.15) is 6.61 Å². The first-order valence-corrected chi connectivity index (χ1v) is 16.7. The van der Waals surface area contributed by atoms with Crippen LogP contribution in [0.1, 0.15) is 53.9 Å². The number of carbonyl (C=O) groups is 1. The van der Waals surface area contributed by atoms with E-state index >= 15 is 0 Å². The number of nitrogens with zero attached hydrogens (tertiary/aromatic N) is 4. The SMILES string of the molecule is O=C(O)c1ccc2c(C3CCCCC3)c3n(c2c1)CCOc1c-3cccc1N(CCN1CCOCC1)CCN1CCOCC1. The third-order valence-electron chi connectivity index (χ3n) is 10.1. The van der Waals surface area contributed by atoms with Crippen LogP contribution in [0.3, 0.4) is 0 Å². The number of hydrogen-bond acceptors (Lipinski definition) is 7. The Balaban J connectivity index is 1.30. The molecule has 1 N–H and O–H groups in total. The second-order valence-corrected chi connectivity index (χ2v) is 12.7. The van der Waals surface area contributed by atoms with Crippen LogP contribution in [0.4, 0.5) is 5.69 Å². The van der Waals surface area contributed by atoms with Gasteiger partial charge in [0.15, 0.2) is 5.75 Å². The molecule has 1 saturated carbocycles. The van der Waals surface area contributed by atoms with Crippen molar-refractivity contribution in [2.24, 2.45) is 0 Å². The Morgan fingerprint density at radius 3 is 2.18 bits per heavy atom. The summed E-state index contributed by atoms with van der Waals surface area (Å²) in [6, 6.07) is 12.4. The van der Waals surface area contributed by atoms with Crippen LogP contribution in [-0.4, -0.2) is 111 Å². The van der Waals surface area contributed by atoms with Crippen LogP contribution in [0.15, 0.2) is 36.4 Å². The molecule has 0 bridgehead atoms. The van der Waals surface area contributed by atoms with Gasteiger partial charge >= 0.3 is 5.97 Å². The molecule has 0 amide bonds. The second-order valence-electron chi connectivity index (χ2n) is 12.7. The van der Waals surface area contributed by atoms with Crippen molar-refractivity contribution in [2.75, 3.05) is 90.3 Å². The highest BCUT2D eigenvalue weighted by Crippen LogP contribution is 2.49. The Kier molecular flexibility index (Phi) is 9.07. The number of aromatic nitrogens is 1. The number of rotatable bonds is 9. The number of morpholine rings is 2. The van der Waals surface area contributed by atoms with E-state index in [0.717, 1.165) is 101 Å². The Bertz CT molecular complexity index is 1430. The number of para-hydroxylation sites is 1. The Labute approximate surface area is 260 Å². The van der Waals surface area contributed by atoms with Crippen molar-refractivity contribution in [3.8, 4) is 17.0 Å². The summed E-state index contributed by atoms with van der Waals surface area (Å²) in [4.78, 5) is 19.5. The first-order valence-electron chi connectivity index (χ1n) is 16.7. The van der Waals surface area contributed by atoms with Gasteiger partial charge in [0.25, 0.3) is 0 Å². The Morgan fingerprint density at radius 1 is 0.841 bits per heavy atom. The van der Waals surface area contributed by atoms with Gasteiger partial charge in [-0.2, -0.15) is 0 Å². The smallest absolute Gasteiger partial charge is 0.335 e. The minimum Gasteiger partial charge on any atom is -0.489 e. The maximum atomic E-state index is 12.0. The number of aromatic carboxylic acids is 1. The Morgan fingerprint density at radius 2 is 1.52 bits per heavy atom. The third-order valence-corrected chi connectivity index (χ3v) is 10.1. The van der Waals surface area contributed by atoms with Crippen LogP contribution in [0.25, 0.3) is 22.2 Å². The van der Waals surface area contributed by atoms with E-state index < -0.39 is 5.97 Å². The molecule has 44 heavy (non-hydrogen) atoms. The molecule has 1 aromatic heterocycles. The van der Waals surface area contributed by atoms with Crippen LogP contribution in [-0.2, 0) is 16.0 Å². The molecule has 0 radical (unpaired) electrons. The molecule has 9 nitrogen and oxygen atoms in total. The van der Waals surface area contributed by atoms with Crippen molar-refractivity contribution in [3.05, 3.63) is 47.5 Å². The highest BCUT2D eigenvalue weighted by molar-refractivity contribution is 5.99. The maximum absolute atomic E-state index is 12.0. The third kappa shape index (κ3) is 6.07. The van der Waals surface area contributed by atoms with E-state index in [1.165, 1.54) is 48.7 Å². The fraction of sp³-hybridized carbons (Fsp3) is 0.571. The molecule has 3 fully saturated rings. The highest BCUT2D eigenvalue weighted by atomic mass is 16.5. The molecule has 2 saturated heterocycles. The molecule has 4 aliphatic rings. The average molecular weight is 603 g/mol. The molecular weight excluding hydrogens is 556 g/mol. The zero-order valence-corrected chi connectivity index (χ0v) is 25.8. The number of fused-ring (bicyclic) bond motifs is 5. The lowest BCUT2D eigenvalue weighted by Gasteiger charge is -2.34. The number of hydrogen-bond donors (Lipinski definition) is 1. The predicted octanol–water partition coefficient (Wildman–Crippen LogP) is 4.92. The molecule has 2 aromatic carbocycles. The minimum atomic E-state index is -0.884. The molecule has 0 spiro atoms. The molecule has 236 valence electrons. The minimum absolute atomic E-state index is 0.338. The molecule has 0 unspecified atom stereocenters. The molecule has 7 rings (SSSR count). The number of benzene rings is 2. The van der Waals surface area contributed by atoms with Crippen molar-refractivity contribution in [1.29, 1.82) is 0 Å². The zero-order valence-electron chi connectivity index (χ0n) is 25.8. The van der Waals surface area contributed by atoms with E-state index in [2.05, 4.69) is 43.5 Å². The van der Waals surface area contributed by atoms with Gasteiger partial charge in [-0.25, -0.2) is 4.79 Å². The van der Waals surface area contributed by atoms with E-state index in [4.69, 9.17) is 14.2 Å². The van der Waals surface area contributed by atoms with Crippen LogP contribution >= 0.6 is 0 Å². The van der Waals surface area contributed by atoms with E-state index in [-0.39, 0.29) is 0 Å². The summed E-state index contributed by atoms with van der Waals surface area (Å²) in [6.07, 6.45) is 6.12. The van der Waals surface area contributed by atoms with Gasteiger partial charge in [-0.15, -0.1) is 0 Å². The maximum Gasteiger partial charge on any atom is 0.335 e. The first kappa shape index (κ1) is 29.6. The quantitative estimate of drug-likeness (QED) is 0.370. The van der Waals surface area contributed by atoms with Crippen LogP contribution in [0.5, 0.6) is 5.75 Å². The lowest BCUT2D eigenvalue weighted by atomic mass is 9.81. The molecular formula is C35H46N4O5. The monoisotopic (exact) mass is 602 g/mol. The van der Waals surface area contributed by atoms with Gasteiger partial charge in [0.05, 0.1) is 49.9 Å². The van der Waals surface area contributed by atoms with Crippen molar-refractivity contribution >= 4 is 22.6 Å². The Hall–Kier alpha value is -3.11. The summed E-state index contributed by atoms with van der Waals surface area (Å²) in [7, 11) is 0. The molecule has 9 heteroatoms. The molecule has 4 heterocycles. The van der Waals surface area contributed by atoms with Gasteiger partial charge in [0.2, 0.25) is 0 Å². The number of ether oxygens (including phenoxy) is 3. The topological polar surface area (TPSA) is 79.6 Å². The summed E-state index contributed by atoms with van der Waals surface area (Å²) < 4.78 is 20.3. The lowest BCUT2D eigenvalue weighted by molar-refractivity contribution is 0.0368. The van der Waals surface area contributed by atoms with Gasteiger partial charge in [0, 0.05) is 68.8 Å². The van der Waals surface area contributed by atoms with Gasteiger partial charge in [-0.1, -0.05) is 31.4 Å². The molecule has 1 aliphatic carbocycles. The molecule has 0 atom stereocenters. The summed E-state index contributed by atoms with van der Waals surface area (Å²) in [5, 5.41) is 11.0. The van der Waals surface area contributed by atoms with E-state index in [1.54, 1.807) is 6.07 Å². The van der Waals surface area contributed by atoms with E-state index in [9.17, 15) is 9.90 Å². The predicted molar refractivity (Wildman–Crippen MR) is 172 cm³/mol. The number of anilines is 1. The van der Waals surface area contributed by atoms with E-state index in [1.807, 2.05) is 6.07 Å². The molecule has 3 aromatic rings. The highest BCUT2D eigenvalue weighted by Gasteiger charge is 2.31.